The summed E-state index contributed by atoms with van der Waals surface area (Å²) in [5.74, 6) is 0.573. The lowest BCUT2D eigenvalue weighted by molar-refractivity contribution is 0.626. The van der Waals surface area contributed by atoms with Crippen molar-refractivity contribution in [3.05, 3.63) is 60.2 Å². The van der Waals surface area contributed by atoms with Gasteiger partial charge in [-0.15, -0.1) is 0 Å². The molecule has 5 nitrogen and oxygen atoms in total. The molecule has 0 saturated carbocycles. The van der Waals surface area contributed by atoms with Crippen molar-refractivity contribution in [3.8, 4) is 0 Å². The van der Waals surface area contributed by atoms with E-state index in [9.17, 15) is 4.39 Å². The molecular formula is C19H26FN5. The van der Waals surface area contributed by atoms with E-state index in [-0.39, 0.29) is 5.82 Å². The second kappa shape index (κ2) is 10.3. The highest BCUT2D eigenvalue weighted by Gasteiger charge is 2.02. The fraction of sp³-hybridized carbons (Fsp3) is 0.368. The number of aliphatic imine (C=N–C) groups is 1. The molecular weight excluding hydrogens is 317 g/mol. The van der Waals surface area contributed by atoms with Gasteiger partial charge in [0.25, 0.3) is 0 Å². The summed E-state index contributed by atoms with van der Waals surface area (Å²) in [6.07, 6.45) is 3.58. The lowest BCUT2D eigenvalue weighted by Gasteiger charge is -2.19. The second-order valence-corrected chi connectivity index (χ2v) is 5.75. The standard InChI is InChI=1S/C19H26FN5/c1-21-19(24-13-10-17-8-3-4-11-22-17)23-12-6-14-25(2)18-9-5-7-16(20)15-18/h3-5,7-9,11,15H,6,10,12-14H2,1-2H3,(H2,21,23,24). The molecule has 0 spiro atoms. The summed E-state index contributed by atoms with van der Waals surface area (Å²) in [6, 6.07) is 12.6. The van der Waals surface area contributed by atoms with Crippen molar-refractivity contribution in [1.82, 2.24) is 15.6 Å². The summed E-state index contributed by atoms with van der Waals surface area (Å²) >= 11 is 0. The Bertz CT molecular complexity index is 660. The van der Waals surface area contributed by atoms with Gasteiger partial charge in [0, 0.05) is 57.7 Å². The van der Waals surface area contributed by atoms with Crippen LogP contribution in [0.1, 0.15) is 12.1 Å². The predicted molar refractivity (Wildman–Crippen MR) is 102 cm³/mol. The molecule has 2 aromatic rings. The third-order valence-corrected chi connectivity index (χ3v) is 3.84. The molecule has 0 fully saturated rings. The van der Waals surface area contributed by atoms with E-state index < -0.39 is 0 Å². The zero-order chi connectivity index (χ0) is 17.9. The van der Waals surface area contributed by atoms with E-state index in [0.717, 1.165) is 49.8 Å². The highest BCUT2D eigenvalue weighted by Crippen LogP contribution is 2.13. The third-order valence-electron chi connectivity index (χ3n) is 3.84. The number of rotatable bonds is 8. The van der Waals surface area contributed by atoms with Gasteiger partial charge in [-0.05, 0) is 36.8 Å². The number of guanidine groups is 1. The molecule has 0 bridgehead atoms. The largest absolute Gasteiger partial charge is 0.374 e. The number of halogens is 1. The molecule has 2 rings (SSSR count). The van der Waals surface area contributed by atoms with E-state index in [1.165, 1.54) is 6.07 Å². The maximum absolute atomic E-state index is 13.2. The Labute approximate surface area is 149 Å². The van der Waals surface area contributed by atoms with Crippen LogP contribution in [0.3, 0.4) is 0 Å². The number of hydrogen-bond donors (Lipinski definition) is 2. The number of benzene rings is 1. The lowest BCUT2D eigenvalue weighted by atomic mass is 10.2. The Morgan fingerprint density at radius 1 is 1.16 bits per heavy atom. The first-order valence-corrected chi connectivity index (χ1v) is 8.50. The van der Waals surface area contributed by atoms with Gasteiger partial charge in [0.05, 0.1) is 0 Å². The predicted octanol–water partition coefficient (Wildman–Crippen LogP) is 2.45. The molecule has 0 atom stereocenters. The van der Waals surface area contributed by atoms with Crippen molar-refractivity contribution in [2.75, 3.05) is 38.6 Å². The molecule has 1 aromatic heterocycles. The highest BCUT2D eigenvalue weighted by atomic mass is 19.1. The first kappa shape index (κ1) is 18.7. The van der Waals surface area contributed by atoms with Gasteiger partial charge < -0.3 is 15.5 Å². The topological polar surface area (TPSA) is 52.6 Å². The maximum atomic E-state index is 13.2. The highest BCUT2D eigenvalue weighted by molar-refractivity contribution is 5.79. The SMILES string of the molecule is CN=C(NCCCN(C)c1cccc(F)c1)NCCc1ccccn1. The van der Waals surface area contributed by atoms with Crippen LogP contribution >= 0.6 is 0 Å². The lowest BCUT2D eigenvalue weighted by Crippen LogP contribution is -2.39. The van der Waals surface area contributed by atoms with Gasteiger partial charge in [0.15, 0.2) is 5.96 Å². The van der Waals surface area contributed by atoms with Gasteiger partial charge in [0.2, 0.25) is 0 Å². The van der Waals surface area contributed by atoms with E-state index in [2.05, 4.69) is 20.6 Å². The van der Waals surface area contributed by atoms with Crippen LogP contribution in [0, 0.1) is 5.82 Å². The zero-order valence-electron chi connectivity index (χ0n) is 14.9. The smallest absolute Gasteiger partial charge is 0.190 e. The average molecular weight is 343 g/mol. The summed E-state index contributed by atoms with van der Waals surface area (Å²) in [6.45, 7) is 2.41. The molecule has 0 aliphatic carbocycles. The molecule has 0 aliphatic heterocycles. The van der Waals surface area contributed by atoms with Crippen LogP contribution in [0.25, 0.3) is 0 Å². The molecule has 1 aromatic carbocycles. The molecule has 0 radical (unpaired) electrons. The third kappa shape index (κ3) is 6.79. The van der Waals surface area contributed by atoms with Crippen LogP contribution < -0.4 is 15.5 Å². The number of hydrogen-bond acceptors (Lipinski definition) is 3. The fourth-order valence-electron chi connectivity index (χ4n) is 2.44. The van der Waals surface area contributed by atoms with Crippen LogP contribution in [0.2, 0.25) is 0 Å². The van der Waals surface area contributed by atoms with Crippen molar-refractivity contribution in [2.24, 2.45) is 4.99 Å². The minimum atomic E-state index is -0.208. The molecule has 2 N–H and O–H groups in total. The van der Waals surface area contributed by atoms with Gasteiger partial charge in [-0.1, -0.05) is 12.1 Å². The number of aromatic nitrogens is 1. The molecule has 1 heterocycles. The van der Waals surface area contributed by atoms with Crippen LogP contribution in [-0.2, 0) is 6.42 Å². The van der Waals surface area contributed by atoms with E-state index >= 15 is 0 Å². The quantitative estimate of drug-likeness (QED) is 0.439. The molecule has 0 unspecified atom stereocenters. The normalized spacial score (nSPS) is 11.2. The van der Waals surface area contributed by atoms with Gasteiger partial charge in [0.1, 0.15) is 5.82 Å². The minimum absolute atomic E-state index is 0.208. The van der Waals surface area contributed by atoms with E-state index in [4.69, 9.17) is 0 Å². The Morgan fingerprint density at radius 2 is 2.00 bits per heavy atom. The van der Waals surface area contributed by atoms with Crippen molar-refractivity contribution in [3.63, 3.8) is 0 Å². The minimum Gasteiger partial charge on any atom is -0.374 e. The monoisotopic (exact) mass is 343 g/mol. The van der Waals surface area contributed by atoms with Gasteiger partial charge in [-0.2, -0.15) is 0 Å². The average Bonchev–Trinajstić information content (AvgIpc) is 2.64. The summed E-state index contributed by atoms with van der Waals surface area (Å²) < 4.78 is 13.2. The molecule has 0 amide bonds. The zero-order valence-corrected chi connectivity index (χ0v) is 14.9. The van der Waals surface area contributed by atoms with E-state index in [1.54, 1.807) is 25.4 Å². The van der Waals surface area contributed by atoms with Crippen molar-refractivity contribution < 1.29 is 4.39 Å². The number of anilines is 1. The molecule has 6 heteroatoms. The van der Waals surface area contributed by atoms with Gasteiger partial charge in [-0.3, -0.25) is 9.98 Å². The Morgan fingerprint density at radius 3 is 2.72 bits per heavy atom. The fourth-order valence-corrected chi connectivity index (χ4v) is 2.44. The van der Waals surface area contributed by atoms with Crippen LogP contribution in [-0.4, -0.2) is 44.7 Å². The van der Waals surface area contributed by atoms with Crippen molar-refractivity contribution >= 4 is 11.6 Å². The second-order valence-electron chi connectivity index (χ2n) is 5.75. The summed E-state index contributed by atoms with van der Waals surface area (Å²) in [7, 11) is 3.73. The molecule has 0 saturated heterocycles. The maximum Gasteiger partial charge on any atom is 0.190 e. The Hall–Kier alpha value is -2.63. The summed E-state index contributed by atoms with van der Waals surface area (Å²) in [5.41, 5.74) is 1.94. The first-order valence-electron chi connectivity index (χ1n) is 8.50. The van der Waals surface area contributed by atoms with Crippen LogP contribution in [0.15, 0.2) is 53.7 Å². The first-order chi connectivity index (χ1) is 12.2. The van der Waals surface area contributed by atoms with E-state index in [1.807, 2.05) is 36.2 Å². The van der Waals surface area contributed by atoms with Crippen LogP contribution in [0.5, 0.6) is 0 Å². The van der Waals surface area contributed by atoms with Gasteiger partial charge in [-0.25, -0.2) is 4.39 Å². The molecule has 134 valence electrons. The van der Waals surface area contributed by atoms with Crippen molar-refractivity contribution in [2.45, 2.75) is 12.8 Å². The number of pyridine rings is 1. The van der Waals surface area contributed by atoms with Gasteiger partial charge >= 0.3 is 0 Å². The summed E-state index contributed by atoms with van der Waals surface area (Å²) in [5, 5.41) is 6.57. The Balaban J connectivity index is 1.64. The van der Waals surface area contributed by atoms with Crippen LogP contribution in [0.4, 0.5) is 10.1 Å². The number of nitrogens with one attached hydrogen (secondary N) is 2. The Kier molecular flexibility index (Phi) is 7.69. The van der Waals surface area contributed by atoms with Crippen molar-refractivity contribution in [1.29, 1.82) is 0 Å². The summed E-state index contributed by atoms with van der Waals surface area (Å²) in [4.78, 5) is 10.6. The molecule has 0 aliphatic rings. The van der Waals surface area contributed by atoms with E-state index in [0.29, 0.717) is 0 Å². The molecule has 25 heavy (non-hydrogen) atoms. The number of nitrogens with zero attached hydrogens (tertiary/aromatic N) is 3.